The topological polar surface area (TPSA) is 92.8 Å². The number of hydrogen-bond acceptors (Lipinski definition) is 5. The van der Waals surface area contributed by atoms with E-state index in [4.69, 9.17) is 0 Å². The molecule has 1 amide bonds. The number of hydrogen-bond donors (Lipinski definition) is 1. The van der Waals surface area contributed by atoms with Crippen molar-refractivity contribution in [1.82, 2.24) is 0 Å². The van der Waals surface area contributed by atoms with E-state index in [1.54, 1.807) is 12.1 Å². The Hall–Kier alpha value is -3.08. The number of sulfonamides is 1. The molecule has 156 valence electrons. The Labute approximate surface area is 165 Å². The number of esters is 1. The number of anilines is 2. The Balaban J connectivity index is 2.26. The quantitative estimate of drug-likeness (QED) is 0.712. The molecule has 0 aliphatic rings. The first-order valence-corrected chi connectivity index (χ1v) is 9.90. The molecule has 0 unspecified atom stereocenters. The number of halogens is 3. The lowest BCUT2D eigenvalue weighted by molar-refractivity contribution is -0.137. The van der Waals surface area contributed by atoms with E-state index in [1.165, 1.54) is 12.1 Å². The van der Waals surface area contributed by atoms with Crippen LogP contribution in [0.5, 0.6) is 0 Å². The highest BCUT2D eigenvalue weighted by atomic mass is 32.2. The highest BCUT2D eigenvalue weighted by molar-refractivity contribution is 7.92. The van der Waals surface area contributed by atoms with Crippen molar-refractivity contribution in [2.24, 2.45) is 0 Å². The summed E-state index contributed by atoms with van der Waals surface area (Å²) >= 11 is 0. The van der Waals surface area contributed by atoms with Gasteiger partial charge in [-0.25, -0.2) is 13.2 Å². The molecule has 0 saturated carbocycles. The molecular weight excluding hydrogens is 413 g/mol. The first-order chi connectivity index (χ1) is 13.4. The summed E-state index contributed by atoms with van der Waals surface area (Å²) in [7, 11) is -2.82. The zero-order valence-electron chi connectivity index (χ0n) is 15.4. The van der Waals surface area contributed by atoms with Crippen molar-refractivity contribution in [3.63, 3.8) is 0 Å². The number of rotatable bonds is 6. The second-order valence-electron chi connectivity index (χ2n) is 5.90. The molecule has 0 aromatic heterocycles. The van der Waals surface area contributed by atoms with Gasteiger partial charge in [-0.3, -0.25) is 9.10 Å². The van der Waals surface area contributed by atoms with E-state index in [-0.39, 0.29) is 16.9 Å². The average molecular weight is 430 g/mol. The number of nitrogens with zero attached hydrogens (tertiary/aromatic N) is 1. The van der Waals surface area contributed by atoms with Crippen LogP contribution in [0.25, 0.3) is 0 Å². The summed E-state index contributed by atoms with van der Waals surface area (Å²) in [5.74, 6) is -1.50. The van der Waals surface area contributed by atoms with Gasteiger partial charge in [0.1, 0.15) is 6.54 Å². The number of para-hydroxylation sites is 1. The minimum absolute atomic E-state index is 0.0591. The molecule has 0 saturated heterocycles. The van der Waals surface area contributed by atoms with Gasteiger partial charge >= 0.3 is 12.1 Å². The van der Waals surface area contributed by atoms with Crippen LogP contribution < -0.4 is 9.62 Å². The van der Waals surface area contributed by atoms with Crippen molar-refractivity contribution in [3.8, 4) is 0 Å². The van der Waals surface area contributed by atoms with E-state index >= 15 is 0 Å². The smallest absolute Gasteiger partial charge is 0.416 e. The maximum atomic E-state index is 12.7. The fourth-order valence-corrected chi connectivity index (χ4v) is 3.27. The lowest BCUT2D eigenvalue weighted by Gasteiger charge is -2.22. The van der Waals surface area contributed by atoms with Crippen LogP contribution in [-0.4, -0.2) is 40.2 Å². The molecule has 0 bridgehead atoms. The minimum atomic E-state index is -4.58. The average Bonchev–Trinajstić information content (AvgIpc) is 2.64. The fraction of sp³-hybridized carbons (Fsp3) is 0.222. The molecule has 2 rings (SSSR count). The third kappa shape index (κ3) is 5.70. The molecule has 0 atom stereocenters. The Bertz CT molecular complexity index is 1000. The van der Waals surface area contributed by atoms with Crippen LogP contribution in [0.2, 0.25) is 0 Å². The summed E-state index contributed by atoms with van der Waals surface area (Å²) in [4.78, 5) is 24.1. The molecule has 2 aromatic carbocycles. The van der Waals surface area contributed by atoms with Gasteiger partial charge < -0.3 is 10.1 Å². The molecule has 0 fully saturated rings. The molecule has 1 N–H and O–H groups in total. The SMILES string of the molecule is COC(=O)c1ccccc1NC(=O)CN(c1ccc(C(F)(F)F)cc1)S(C)(=O)=O. The fourth-order valence-electron chi connectivity index (χ4n) is 2.42. The predicted octanol–water partition coefficient (Wildman–Crippen LogP) is 2.90. The molecule has 0 heterocycles. The van der Waals surface area contributed by atoms with Crippen molar-refractivity contribution in [1.29, 1.82) is 0 Å². The van der Waals surface area contributed by atoms with E-state index in [0.29, 0.717) is 4.31 Å². The predicted molar refractivity (Wildman–Crippen MR) is 100 cm³/mol. The van der Waals surface area contributed by atoms with E-state index in [1.807, 2.05) is 0 Å². The summed E-state index contributed by atoms with van der Waals surface area (Å²) in [5.41, 5.74) is -0.905. The number of carbonyl (C=O) groups is 2. The molecule has 2 aromatic rings. The van der Waals surface area contributed by atoms with Crippen LogP contribution in [0.3, 0.4) is 0 Å². The maximum absolute atomic E-state index is 12.7. The van der Waals surface area contributed by atoms with Crippen LogP contribution in [0.1, 0.15) is 15.9 Å². The van der Waals surface area contributed by atoms with Gasteiger partial charge in [-0.1, -0.05) is 12.1 Å². The largest absolute Gasteiger partial charge is 0.465 e. The van der Waals surface area contributed by atoms with Gasteiger partial charge in [0.2, 0.25) is 15.9 Å². The highest BCUT2D eigenvalue weighted by Crippen LogP contribution is 2.31. The van der Waals surface area contributed by atoms with Crippen molar-refractivity contribution in [2.45, 2.75) is 6.18 Å². The second-order valence-corrected chi connectivity index (χ2v) is 7.81. The Morgan fingerprint density at radius 2 is 1.66 bits per heavy atom. The van der Waals surface area contributed by atoms with Crippen LogP contribution in [-0.2, 0) is 25.7 Å². The zero-order valence-corrected chi connectivity index (χ0v) is 16.2. The van der Waals surface area contributed by atoms with E-state index < -0.39 is 40.2 Å². The molecule has 7 nitrogen and oxygen atoms in total. The van der Waals surface area contributed by atoms with Crippen molar-refractivity contribution in [3.05, 3.63) is 59.7 Å². The first-order valence-electron chi connectivity index (χ1n) is 8.05. The normalized spacial score (nSPS) is 11.6. The molecule has 0 spiro atoms. The molecule has 0 aliphatic heterocycles. The van der Waals surface area contributed by atoms with Gasteiger partial charge in [0.25, 0.3) is 0 Å². The van der Waals surface area contributed by atoms with Crippen LogP contribution in [0.4, 0.5) is 24.5 Å². The minimum Gasteiger partial charge on any atom is -0.465 e. The van der Waals surface area contributed by atoms with Crippen LogP contribution in [0.15, 0.2) is 48.5 Å². The first kappa shape index (κ1) is 22.2. The molecule has 0 radical (unpaired) electrons. The molecular formula is C18H17F3N2O5S. The lowest BCUT2D eigenvalue weighted by atomic mass is 10.2. The van der Waals surface area contributed by atoms with Gasteiger partial charge in [-0.2, -0.15) is 13.2 Å². The lowest BCUT2D eigenvalue weighted by Crippen LogP contribution is -2.37. The maximum Gasteiger partial charge on any atom is 0.416 e. The standard InChI is InChI=1S/C18H17F3N2O5S/c1-28-17(25)14-5-3-4-6-15(14)22-16(24)11-23(29(2,26)27)13-9-7-12(8-10-13)18(19,20)21/h3-10H,11H2,1-2H3,(H,22,24). The Morgan fingerprint density at radius 1 is 1.07 bits per heavy atom. The Morgan fingerprint density at radius 3 is 2.17 bits per heavy atom. The molecule has 29 heavy (non-hydrogen) atoms. The number of ether oxygens (including phenoxy) is 1. The number of benzene rings is 2. The molecule has 11 heteroatoms. The summed E-state index contributed by atoms with van der Waals surface area (Å²) in [6.45, 7) is -0.709. The van der Waals surface area contributed by atoms with Crippen LogP contribution in [0, 0.1) is 0 Å². The van der Waals surface area contributed by atoms with Gasteiger partial charge in [-0.05, 0) is 36.4 Å². The van der Waals surface area contributed by atoms with E-state index in [9.17, 15) is 31.2 Å². The number of alkyl halides is 3. The van der Waals surface area contributed by atoms with E-state index in [0.717, 1.165) is 37.6 Å². The number of nitrogens with one attached hydrogen (secondary N) is 1. The third-order valence-corrected chi connectivity index (χ3v) is 4.92. The number of amides is 1. The highest BCUT2D eigenvalue weighted by Gasteiger charge is 2.31. The van der Waals surface area contributed by atoms with Gasteiger partial charge in [-0.15, -0.1) is 0 Å². The summed E-state index contributed by atoms with van der Waals surface area (Å²) in [5, 5.41) is 2.41. The van der Waals surface area contributed by atoms with Gasteiger partial charge in [0.15, 0.2) is 0 Å². The zero-order chi connectivity index (χ0) is 21.8. The summed E-state index contributed by atoms with van der Waals surface area (Å²) < 4.78 is 67.5. The van der Waals surface area contributed by atoms with E-state index in [2.05, 4.69) is 10.1 Å². The Kier molecular flexibility index (Phi) is 6.52. The second kappa shape index (κ2) is 8.52. The number of carbonyl (C=O) groups excluding carboxylic acids is 2. The van der Waals surface area contributed by atoms with Crippen molar-refractivity contribution < 1.29 is 35.9 Å². The van der Waals surface area contributed by atoms with Gasteiger partial charge in [0.05, 0.1) is 35.9 Å². The number of methoxy groups -OCH3 is 1. The monoisotopic (exact) mass is 430 g/mol. The molecule has 0 aliphatic carbocycles. The van der Waals surface area contributed by atoms with Crippen molar-refractivity contribution in [2.75, 3.05) is 29.5 Å². The van der Waals surface area contributed by atoms with Crippen molar-refractivity contribution >= 4 is 33.3 Å². The van der Waals surface area contributed by atoms with Gasteiger partial charge in [0, 0.05) is 0 Å². The summed E-state index contributed by atoms with van der Waals surface area (Å²) in [6.07, 6.45) is -3.76. The summed E-state index contributed by atoms with van der Waals surface area (Å²) in [6, 6.07) is 9.28. The third-order valence-electron chi connectivity index (χ3n) is 3.78. The van der Waals surface area contributed by atoms with Crippen LogP contribution >= 0.6 is 0 Å².